The van der Waals surface area contributed by atoms with E-state index in [-0.39, 0.29) is 17.5 Å². The first-order valence-electron chi connectivity index (χ1n) is 8.77. The maximum absolute atomic E-state index is 13.6. The summed E-state index contributed by atoms with van der Waals surface area (Å²) < 4.78 is 38.9. The summed E-state index contributed by atoms with van der Waals surface area (Å²) in [5, 5.41) is 7.81. The van der Waals surface area contributed by atoms with E-state index in [9.17, 15) is 13.6 Å². The van der Waals surface area contributed by atoms with Gasteiger partial charge in [-0.05, 0) is 55.9 Å². The van der Waals surface area contributed by atoms with Crippen molar-refractivity contribution in [2.45, 2.75) is 44.2 Å². The zero-order valence-corrected chi connectivity index (χ0v) is 16.0. The van der Waals surface area contributed by atoms with Crippen LogP contribution in [0.4, 0.5) is 8.78 Å². The van der Waals surface area contributed by atoms with E-state index in [0.29, 0.717) is 5.69 Å². The maximum atomic E-state index is 13.6. The lowest BCUT2D eigenvalue weighted by Gasteiger charge is -2.23. The minimum Gasteiger partial charge on any atom is -0.496 e. The van der Waals surface area contributed by atoms with Gasteiger partial charge < -0.3 is 9.47 Å². The molecular weight excluding hydrogens is 376 g/mol. The Bertz CT molecular complexity index is 826. The zero-order chi connectivity index (χ0) is 19.4. The number of ether oxygens (including phenoxy) is 2. The number of nitrogens with zero attached hydrogens (tertiary/aromatic N) is 3. The van der Waals surface area contributed by atoms with Crippen LogP contribution in [0, 0.1) is 0 Å². The summed E-state index contributed by atoms with van der Waals surface area (Å²) in [6.07, 6.45) is 0.830. The number of halogens is 2. The third kappa shape index (κ3) is 4.07. The second kappa shape index (κ2) is 8.69. The fraction of sp³-hybridized carbons (Fsp3) is 0.500. The monoisotopic (exact) mass is 397 g/mol. The largest absolute Gasteiger partial charge is 0.496 e. The Morgan fingerprint density at radius 1 is 1.26 bits per heavy atom. The number of hydrogen-bond donors (Lipinski definition) is 0. The molecule has 2 aromatic rings. The van der Waals surface area contributed by atoms with Gasteiger partial charge in [0.1, 0.15) is 5.75 Å². The van der Waals surface area contributed by atoms with Crippen molar-refractivity contribution in [3.8, 4) is 11.4 Å². The smallest absolute Gasteiger partial charge is 0.316 e. The first-order valence-corrected chi connectivity index (χ1v) is 9.76. The fourth-order valence-corrected chi connectivity index (χ4v) is 4.03. The van der Waals surface area contributed by atoms with Gasteiger partial charge in [-0.1, -0.05) is 11.8 Å². The number of carbonyl (C=O) groups is 1. The molecule has 6 nitrogen and oxygen atoms in total. The maximum Gasteiger partial charge on any atom is 0.316 e. The highest BCUT2D eigenvalue weighted by molar-refractivity contribution is 7.99. The molecule has 0 unspecified atom stereocenters. The predicted molar refractivity (Wildman–Crippen MR) is 96.9 cm³/mol. The van der Waals surface area contributed by atoms with E-state index in [0.717, 1.165) is 54.3 Å². The van der Waals surface area contributed by atoms with Crippen molar-refractivity contribution < 1.29 is 23.0 Å². The zero-order valence-electron chi connectivity index (χ0n) is 15.2. The molecule has 0 amide bonds. The lowest BCUT2D eigenvalue weighted by molar-refractivity contribution is -0.139. The summed E-state index contributed by atoms with van der Waals surface area (Å²) in [4.78, 5) is 11.7. The Morgan fingerprint density at radius 3 is 2.67 bits per heavy atom. The summed E-state index contributed by atoms with van der Waals surface area (Å²) in [5.74, 6) is -0.111. The van der Waals surface area contributed by atoms with Gasteiger partial charge in [0, 0.05) is 0 Å². The number of fused-ring (bicyclic) bond motifs is 1. The SMILES string of the molecule is CCOC(=O)CSc1nnc(C(F)F)n1-c1ccc(OC)c2c1CCCC2. The third-order valence-corrected chi connectivity index (χ3v) is 5.31. The van der Waals surface area contributed by atoms with Crippen LogP contribution in [0.25, 0.3) is 5.69 Å². The van der Waals surface area contributed by atoms with E-state index < -0.39 is 18.2 Å². The van der Waals surface area contributed by atoms with Crippen LogP contribution in [-0.4, -0.2) is 40.2 Å². The summed E-state index contributed by atoms with van der Waals surface area (Å²) >= 11 is 1.04. The van der Waals surface area contributed by atoms with E-state index in [1.54, 1.807) is 26.2 Å². The molecule has 3 rings (SSSR count). The average Bonchev–Trinajstić information content (AvgIpc) is 3.09. The van der Waals surface area contributed by atoms with Crippen LogP contribution in [0.5, 0.6) is 5.75 Å². The van der Waals surface area contributed by atoms with Gasteiger partial charge in [0.15, 0.2) is 5.16 Å². The molecule has 0 radical (unpaired) electrons. The van der Waals surface area contributed by atoms with Crippen LogP contribution in [0.15, 0.2) is 17.3 Å². The topological polar surface area (TPSA) is 66.2 Å². The first-order chi connectivity index (χ1) is 13.1. The quantitative estimate of drug-likeness (QED) is 0.524. The van der Waals surface area contributed by atoms with Crippen molar-refractivity contribution in [1.29, 1.82) is 0 Å². The number of hydrogen-bond acceptors (Lipinski definition) is 6. The average molecular weight is 397 g/mol. The lowest BCUT2D eigenvalue weighted by Crippen LogP contribution is -2.13. The number of aromatic nitrogens is 3. The van der Waals surface area contributed by atoms with Crippen LogP contribution < -0.4 is 4.74 Å². The molecule has 1 aromatic heterocycles. The number of methoxy groups -OCH3 is 1. The second-order valence-corrected chi connectivity index (χ2v) is 6.96. The minimum absolute atomic E-state index is 0.0203. The van der Waals surface area contributed by atoms with Gasteiger partial charge in [-0.25, -0.2) is 8.78 Å². The van der Waals surface area contributed by atoms with Crippen LogP contribution in [0.3, 0.4) is 0 Å². The van der Waals surface area contributed by atoms with Gasteiger partial charge in [-0.3, -0.25) is 9.36 Å². The van der Waals surface area contributed by atoms with Gasteiger partial charge in [0.25, 0.3) is 6.43 Å². The number of carbonyl (C=O) groups excluding carboxylic acids is 1. The molecule has 1 aromatic carbocycles. The molecule has 0 aliphatic heterocycles. The van der Waals surface area contributed by atoms with Crippen molar-refractivity contribution in [3.63, 3.8) is 0 Å². The van der Waals surface area contributed by atoms with E-state index >= 15 is 0 Å². The van der Waals surface area contributed by atoms with Crippen LogP contribution in [0.2, 0.25) is 0 Å². The molecule has 1 aliphatic rings. The van der Waals surface area contributed by atoms with Crippen molar-refractivity contribution >= 4 is 17.7 Å². The summed E-state index contributed by atoms with van der Waals surface area (Å²) in [7, 11) is 1.61. The Morgan fingerprint density at radius 2 is 2.00 bits per heavy atom. The van der Waals surface area contributed by atoms with Crippen LogP contribution in [-0.2, 0) is 22.4 Å². The molecule has 0 atom stereocenters. The Kier molecular flexibility index (Phi) is 6.30. The first kappa shape index (κ1) is 19.6. The summed E-state index contributed by atoms with van der Waals surface area (Å²) in [6, 6.07) is 3.54. The van der Waals surface area contributed by atoms with Crippen molar-refractivity contribution in [2.24, 2.45) is 0 Å². The number of rotatable bonds is 7. The van der Waals surface area contributed by atoms with Gasteiger partial charge in [0.05, 0.1) is 25.2 Å². The second-order valence-electron chi connectivity index (χ2n) is 6.02. The molecular formula is C18H21F2N3O3S. The highest BCUT2D eigenvalue weighted by Gasteiger charge is 2.26. The molecule has 0 saturated carbocycles. The normalized spacial score (nSPS) is 13.5. The van der Waals surface area contributed by atoms with Crippen LogP contribution >= 0.6 is 11.8 Å². The molecule has 1 aliphatic carbocycles. The molecule has 0 spiro atoms. The minimum atomic E-state index is -2.78. The highest BCUT2D eigenvalue weighted by Crippen LogP contribution is 2.37. The molecule has 0 saturated heterocycles. The van der Waals surface area contributed by atoms with Gasteiger partial charge >= 0.3 is 5.97 Å². The highest BCUT2D eigenvalue weighted by atomic mass is 32.2. The van der Waals surface area contributed by atoms with Crippen molar-refractivity contribution in [1.82, 2.24) is 14.8 Å². The van der Waals surface area contributed by atoms with E-state index in [1.165, 1.54) is 4.57 Å². The molecule has 146 valence electrons. The predicted octanol–water partition coefficient (Wildman–Crippen LogP) is 3.75. The van der Waals surface area contributed by atoms with Crippen molar-refractivity contribution in [2.75, 3.05) is 19.5 Å². The van der Waals surface area contributed by atoms with E-state index in [4.69, 9.17) is 9.47 Å². The molecule has 0 N–H and O–H groups in total. The standard InChI is InChI=1S/C18H21F2N3O3S/c1-3-26-15(24)10-27-18-22-21-17(16(19)20)23(18)13-8-9-14(25-2)12-7-5-4-6-11(12)13/h8-9,16H,3-7,10H2,1-2H3. The summed E-state index contributed by atoms with van der Waals surface area (Å²) in [6.45, 7) is 1.98. The van der Waals surface area contributed by atoms with E-state index in [2.05, 4.69) is 10.2 Å². The molecule has 0 bridgehead atoms. The van der Waals surface area contributed by atoms with Crippen molar-refractivity contribution in [3.05, 3.63) is 29.1 Å². The van der Waals surface area contributed by atoms with Gasteiger partial charge in [-0.2, -0.15) is 0 Å². The number of esters is 1. The lowest BCUT2D eigenvalue weighted by atomic mass is 9.89. The number of thioether (sulfide) groups is 1. The fourth-order valence-electron chi connectivity index (χ4n) is 3.29. The number of alkyl halides is 2. The van der Waals surface area contributed by atoms with Crippen LogP contribution in [0.1, 0.15) is 43.1 Å². The molecule has 1 heterocycles. The summed E-state index contributed by atoms with van der Waals surface area (Å²) in [5.41, 5.74) is 2.63. The van der Waals surface area contributed by atoms with E-state index in [1.807, 2.05) is 0 Å². The Balaban J connectivity index is 2.05. The Labute approximate surface area is 160 Å². The molecule has 9 heteroatoms. The Hall–Kier alpha value is -2.16. The molecule has 0 fully saturated rings. The van der Waals surface area contributed by atoms with Gasteiger partial charge in [-0.15, -0.1) is 10.2 Å². The molecule has 27 heavy (non-hydrogen) atoms. The number of benzene rings is 1. The third-order valence-electron chi connectivity index (χ3n) is 4.41. The van der Waals surface area contributed by atoms with Gasteiger partial charge in [0.2, 0.25) is 5.82 Å².